The maximum absolute atomic E-state index is 5.61. The molecule has 134 valence electrons. The van der Waals surface area contributed by atoms with Gasteiger partial charge in [0.25, 0.3) is 0 Å². The minimum absolute atomic E-state index is 0.0723. The van der Waals surface area contributed by atoms with Gasteiger partial charge < -0.3 is 11.1 Å². The van der Waals surface area contributed by atoms with E-state index >= 15 is 0 Å². The Morgan fingerprint density at radius 3 is 2.46 bits per heavy atom. The fraction of sp³-hybridized carbons (Fsp3) is 0.263. The lowest BCUT2D eigenvalue weighted by molar-refractivity contribution is 0.728. The molecule has 0 unspecified atom stereocenters. The molecule has 1 heterocycles. The minimum atomic E-state index is -0.0723. The van der Waals surface area contributed by atoms with Crippen LogP contribution in [0.4, 0.5) is 5.69 Å². The Hall–Kier alpha value is -3.06. The number of tetrazole rings is 1. The highest BCUT2D eigenvalue weighted by atomic mass is 15.6. The average molecular weight is 349 g/mol. The Morgan fingerprint density at radius 1 is 1.15 bits per heavy atom. The summed E-state index contributed by atoms with van der Waals surface area (Å²) in [4.78, 5) is 6.17. The van der Waals surface area contributed by atoms with E-state index in [9.17, 15) is 0 Å². The molecule has 0 aliphatic heterocycles. The average Bonchev–Trinajstić information content (AvgIpc) is 3.10. The molecule has 3 aromatic rings. The number of benzene rings is 2. The number of aryl methyl sites for hydroxylation is 2. The van der Waals surface area contributed by atoms with E-state index in [1.54, 1.807) is 0 Å². The van der Waals surface area contributed by atoms with Crippen molar-refractivity contribution in [1.82, 2.24) is 20.2 Å². The van der Waals surface area contributed by atoms with Crippen LogP contribution in [0.25, 0.3) is 0 Å². The number of aromatic nitrogens is 4. The molecule has 0 amide bonds. The molecule has 1 aromatic heterocycles. The summed E-state index contributed by atoms with van der Waals surface area (Å²) in [5.41, 5.74) is 9.96. The lowest BCUT2D eigenvalue weighted by Crippen LogP contribution is -2.25. The monoisotopic (exact) mass is 349 g/mol. The van der Waals surface area contributed by atoms with E-state index in [0.29, 0.717) is 11.8 Å². The summed E-state index contributed by atoms with van der Waals surface area (Å²) in [6.45, 7) is 6.37. The first-order valence-electron chi connectivity index (χ1n) is 8.52. The smallest absolute Gasteiger partial charge is 0.244 e. The van der Waals surface area contributed by atoms with E-state index in [0.717, 1.165) is 22.4 Å². The fourth-order valence-corrected chi connectivity index (χ4v) is 2.71. The molecule has 3 N–H and O–H groups in total. The van der Waals surface area contributed by atoms with Crippen molar-refractivity contribution in [2.75, 3.05) is 5.32 Å². The van der Waals surface area contributed by atoms with Crippen LogP contribution in [0.5, 0.6) is 0 Å². The molecule has 7 heteroatoms. The third-order valence-corrected chi connectivity index (χ3v) is 3.90. The van der Waals surface area contributed by atoms with Crippen LogP contribution >= 0.6 is 0 Å². The number of hydrogen-bond donors (Lipinski definition) is 2. The summed E-state index contributed by atoms with van der Waals surface area (Å²) in [7, 11) is 0. The summed E-state index contributed by atoms with van der Waals surface area (Å²) >= 11 is 0. The molecule has 3 rings (SSSR count). The van der Waals surface area contributed by atoms with E-state index in [1.165, 1.54) is 4.80 Å². The number of nitrogens with one attached hydrogen (secondary N) is 1. The molecule has 2 aromatic carbocycles. The number of nitrogens with two attached hydrogens (primary N) is 1. The van der Waals surface area contributed by atoms with Crippen LogP contribution in [0, 0.1) is 13.8 Å². The van der Waals surface area contributed by atoms with E-state index in [-0.39, 0.29) is 12.6 Å². The van der Waals surface area contributed by atoms with Gasteiger partial charge in [0.2, 0.25) is 5.96 Å². The van der Waals surface area contributed by atoms with Crippen LogP contribution in [0.15, 0.2) is 53.5 Å². The Bertz CT molecular complexity index is 879. The Labute approximate surface area is 153 Å². The standard InChI is InChI=1S/C19H23N7/c1-13-9-14(2)11-17(10-13)22-19(26-24-18(12-20)23-25-26)21-15(3)16-7-5-4-6-8-16/h4-11,15H,12,20H2,1-3H3,(H,21,22)/t15-/m0/s1. The predicted molar refractivity (Wildman–Crippen MR) is 103 cm³/mol. The molecule has 0 spiro atoms. The Balaban J connectivity index is 1.97. The van der Waals surface area contributed by atoms with Crippen molar-refractivity contribution in [2.24, 2.45) is 10.7 Å². The van der Waals surface area contributed by atoms with Crippen LogP contribution in [-0.4, -0.2) is 26.2 Å². The predicted octanol–water partition coefficient (Wildman–Crippen LogP) is 2.83. The van der Waals surface area contributed by atoms with Crippen LogP contribution in [0.3, 0.4) is 0 Å². The quantitative estimate of drug-likeness (QED) is 0.558. The van der Waals surface area contributed by atoms with Gasteiger partial charge in [0.05, 0.1) is 12.6 Å². The lowest BCUT2D eigenvalue weighted by Gasteiger charge is -2.13. The molecule has 0 radical (unpaired) electrons. The molecule has 26 heavy (non-hydrogen) atoms. The summed E-state index contributed by atoms with van der Waals surface area (Å²) in [6.07, 6.45) is 0. The van der Waals surface area contributed by atoms with Gasteiger partial charge in [0, 0.05) is 5.69 Å². The largest absolute Gasteiger partial charge is 0.324 e. The van der Waals surface area contributed by atoms with Gasteiger partial charge in [0.15, 0.2) is 5.82 Å². The molecule has 0 saturated heterocycles. The van der Waals surface area contributed by atoms with Gasteiger partial charge in [-0.2, -0.15) is 0 Å². The van der Waals surface area contributed by atoms with Gasteiger partial charge in [-0.1, -0.05) is 41.2 Å². The van der Waals surface area contributed by atoms with E-state index in [4.69, 9.17) is 10.7 Å². The maximum Gasteiger partial charge on any atom is 0.244 e. The second-order valence-corrected chi connectivity index (χ2v) is 6.24. The highest BCUT2D eigenvalue weighted by Crippen LogP contribution is 2.18. The first kappa shape index (κ1) is 17.8. The molecule has 0 saturated carbocycles. The summed E-state index contributed by atoms with van der Waals surface area (Å²) < 4.78 is 0. The van der Waals surface area contributed by atoms with Gasteiger partial charge in [0.1, 0.15) is 0 Å². The van der Waals surface area contributed by atoms with Gasteiger partial charge in [-0.05, 0) is 54.8 Å². The van der Waals surface area contributed by atoms with Crippen molar-refractivity contribution < 1.29 is 0 Å². The number of rotatable bonds is 4. The van der Waals surface area contributed by atoms with E-state index in [1.807, 2.05) is 37.3 Å². The van der Waals surface area contributed by atoms with E-state index in [2.05, 4.69) is 52.8 Å². The normalized spacial score (nSPS) is 12.8. The maximum atomic E-state index is 5.61. The molecular formula is C19H23N7. The number of nitrogens with zero attached hydrogens (tertiary/aromatic N) is 5. The van der Waals surface area contributed by atoms with Gasteiger partial charge >= 0.3 is 0 Å². The molecule has 0 aliphatic rings. The molecule has 7 nitrogen and oxygen atoms in total. The summed E-state index contributed by atoms with van der Waals surface area (Å²) in [6, 6.07) is 16.2. The van der Waals surface area contributed by atoms with Crippen molar-refractivity contribution in [3.63, 3.8) is 0 Å². The second-order valence-electron chi connectivity index (χ2n) is 6.24. The summed E-state index contributed by atoms with van der Waals surface area (Å²) in [5, 5.41) is 15.6. The molecule has 0 fully saturated rings. The SMILES string of the molecule is Cc1cc(C)cc(NC(=N[C@@H](C)c2ccccc2)n2nnc(CN)n2)c1. The first-order chi connectivity index (χ1) is 12.5. The van der Waals surface area contributed by atoms with E-state index < -0.39 is 0 Å². The van der Waals surface area contributed by atoms with Crippen LogP contribution in [0.2, 0.25) is 0 Å². The molecule has 1 atom stereocenters. The highest BCUT2D eigenvalue weighted by Gasteiger charge is 2.12. The van der Waals surface area contributed by atoms with Crippen molar-refractivity contribution in [1.29, 1.82) is 0 Å². The molecule has 0 aliphatic carbocycles. The molecular weight excluding hydrogens is 326 g/mol. The zero-order chi connectivity index (χ0) is 18.5. The van der Waals surface area contributed by atoms with Gasteiger partial charge in [-0.3, -0.25) is 0 Å². The van der Waals surface area contributed by atoms with Crippen molar-refractivity contribution in [3.8, 4) is 0 Å². The lowest BCUT2D eigenvalue weighted by atomic mass is 10.1. The van der Waals surface area contributed by atoms with Gasteiger partial charge in [-0.15, -0.1) is 10.2 Å². The van der Waals surface area contributed by atoms with Gasteiger partial charge in [-0.25, -0.2) is 4.99 Å². The van der Waals surface area contributed by atoms with Crippen LogP contribution < -0.4 is 11.1 Å². The minimum Gasteiger partial charge on any atom is -0.324 e. The topological polar surface area (TPSA) is 94.0 Å². The van der Waals surface area contributed by atoms with Crippen LogP contribution in [-0.2, 0) is 6.54 Å². The van der Waals surface area contributed by atoms with Crippen molar-refractivity contribution in [3.05, 3.63) is 71.0 Å². The van der Waals surface area contributed by atoms with Crippen molar-refractivity contribution >= 4 is 11.6 Å². The number of anilines is 1. The van der Waals surface area contributed by atoms with Crippen LogP contribution in [0.1, 0.15) is 35.5 Å². The Morgan fingerprint density at radius 2 is 1.85 bits per heavy atom. The number of hydrogen-bond acceptors (Lipinski definition) is 5. The highest BCUT2D eigenvalue weighted by molar-refractivity contribution is 5.94. The second kappa shape index (κ2) is 7.88. The van der Waals surface area contributed by atoms with Crippen molar-refractivity contribution in [2.45, 2.75) is 33.4 Å². The molecule has 0 bridgehead atoms. The Kier molecular flexibility index (Phi) is 5.38. The zero-order valence-corrected chi connectivity index (χ0v) is 15.2. The summed E-state index contributed by atoms with van der Waals surface area (Å²) in [5.74, 6) is 0.964. The first-order valence-corrected chi connectivity index (χ1v) is 8.52. The number of aliphatic imine (C=N–C) groups is 1. The zero-order valence-electron chi connectivity index (χ0n) is 15.2. The third-order valence-electron chi connectivity index (χ3n) is 3.90. The third kappa shape index (κ3) is 4.31. The fourth-order valence-electron chi connectivity index (χ4n) is 2.71.